The second-order valence-electron chi connectivity index (χ2n) is 5.76. The van der Waals surface area contributed by atoms with Gasteiger partial charge in [-0.25, -0.2) is 9.97 Å². The monoisotopic (exact) mass is 401 g/mol. The first-order chi connectivity index (χ1) is 12.0. The summed E-state index contributed by atoms with van der Waals surface area (Å²) in [6.07, 6.45) is 0. The topological polar surface area (TPSA) is 56.3 Å². The van der Waals surface area contributed by atoms with Crippen LogP contribution >= 0.6 is 15.9 Å². The number of ether oxygens (including phenoxy) is 2. The fourth-order valence-corrected chi connectivity index (χ4v) is 2.99. The maximum absolute atomic E-state index is 5.42. The number of aryl methyl sites for hydroxylation is 1. The van der Waals surface area contributed by atoms with E-state index in [1.165, 1.54) is 5.56 Å². The molecule has 1 aromatic heterocycles. The maximum Gasteiger partial charge on any atom is 0.162 e. The summed E-state index contributed by atoms with van der Waals surface area (Å²) < 4.78 is 11.9. The number of methoxy groups -OCH3 is 2. The lowest BCUT2D eigenvalue weighted by atomic mass is 10.1. The zero-order valence-corrected chi connectivity index (χ0v) is 16.2. The highest BCUT2D eigenvalue weighted by Gasteiger charge is 2.14. The van der Waals surface area contributed by atoms with Crippen LogP contribution in [0.3, 0.4) is 0 Å². The van der Waals surface area contributed by atoms with Gasteiger partial charge in [0, 0.05) is 22.0 Å². The van der Waals surface area contributed by atoms with Gasteiger partial charge in [-0.05, 0) is 37.6 Å². The molecule has 0 amide bonds. The number of nitrogens with zero attached hydrogens (tertiary/aromatic N) is 2. The molecule has 3 aromatic rings. The summed E-state index contributed by atoms with van der Waals surface area (Å²) in [6, 6.07) is 12.1. The molecule has 0 aliphatic heterocycles. The van der Waals surface area contributed by atoms with Crippen molar-refractivity contribution in [1.82, 2.24) is 9.97 Å². The first-order valence-corrected chi connectivity index (χ1v) is 8.73. The molecule has 3 rings (SSSR count). The second kappa shape index (κ2) is 7.27. The van der Waals surface area contributed by atoms with Crippen LogP contribution in [0, 0.1) is 6.92 Å². The largest absolute Gasteiger partial charge is 0.493 e. The molecule has 0 radical (unpaired) electrons. The minimum atomic E-state index is 0.0960. The van der Waals surface area contributed by atoms with Crippen LogP contribution in [0.1, 0.15) is 24.4 Å². The van der Waals surface area contributed by atoms with E-state index in [4.69, 9.17) is 9.47 Å². The Hall–Kier alpha value is -2.34. The summed E-state index contributed by atoms with van der Waals surface area (Å²) in [5.74, 6) is 2.78. The van der Waals surface area contributed by atoms with Crippen LogP contribution in [0.5, 0.6) is 11.5 Å². The summed E-state index contributed by atoms with van der Waals surface area (Å²) in [6.45, 7) is 3.99. The Morgan fingerprint density at radius 1 is 1.00 bits per heavy atom. The molecular weight excluding hydrogens is 382 g/mol. The number of hydrogen-bond donors (Lipinski definition) is 1. The van der Waals surface area contributed by atoms with Gasteiger partial charge in [0.25, 0.3) is 0 Å². The van der Waals surface area contributed by atoms with Crippen LogP contribution in [0.2, 0.25) is 0 Å². The SMILES string of the molecule is COc1cc2nc(C)nc(NC(C)c3ccc(Br)cc3)c2cc1OC. The van der Waals surface area contributed by atoms with Crippen molar-refractivity contribution in [3.05, 3.63) is 52.3 Å². The standard InChI is InChI=1S/C19H20BrN3O2/c1-11(13-5-7-14(20)8-6-13)21-19-15-9-17(24-3)18(25-4)10-16(15)22-12(2)23-19/h5-11H,1-4H3,(H,21,22,23). The molecule has 0 saturated heterocycles. The summed E-state index contributed by atoms with van der Waals surface area (Å²) in [5.41, 5.74) is 1.99. The Labute approximate surface area is 155 Å². The zero-order valence-electron chi connectivity index (χ0n) is 14.6. The second-order valence-corrected chi connectivity index (χ2v) is 6.68. The van der Waals surface area contributed by atoms with Crippen LogP contribution in [-0.2, 0) is 0 Å². The Kier molecular flexibility index (Phi) is 5.08. The number of benzene rings is 2. The molecule has 25 heavy (non-hydrogen) atoms. The summed E-state index contributed by atoms with van der Waals surface area (Å²) in [4.78, 5) is 9.11. The van der Waals surface area contributed by atoms with Gasteiger partial charge in [0.1, 0.15) is 11.6 Å². The number of halogens is 1. The van der Waals surface area contributed by atoms with E-state index in [0.29, 0.717) is 17.3 Å². The average Bonchev–Trinajstić information content (AvgIpc) is 2.61. The molecule has 6 heteroatoms. The van der Waals surface area contributed by atoms with E-state index in [0.717, 1.165) is 21.2 Å². The van der Waals surface area contributed by atoms with Gasteiger partial charge in [0.2, 0.25) is 0 Å². The van der Waals surface area contributed by atoms with Gasteiger partial charge in [-0.3, -0.25) is 0 Å². The number of nitrogens with one attached hydrogen (secondary N) is 1. The van der Waals surface area contributed by atoms with Crippen molar-refractivity contribution in [3.8, 4) is 11.5 Å². The molecule has 130 valence electrons. The molecule has 1 atom stereocenters. The Balaban J connectivity index is 2.03. The third-order valence-electron chi connectivity index (χ3n) is 4.04. The van der Waals surface area contributed by atoms with Gasteiger partial charge in [0.05, 0.1) is 19.7 Å². The quantitative estimate of drug-likeness (QED) is 0.659. The summed E-state index contributed by atoms with van der Waals surface area (Å²) >= 11 is 3.47. The molecule has 0 aliphatic carbocycles. The van der Waals surface area contributed by atoms with E-state index < -0.39 is 0 Å². The van der Waals surface area contributed by atoms with Gasteiger partial charge in [-0.2, -0.15) is 0 Å². The molecule has 0 aliphatic rings. The normalized spacial score (nSPS) is 12.0. The van der Waals surface area contributed by atoms with Crippen molar-refractivity contribution in [3.63, 3.8) is 0 Å². The highest BCUT2D eigenvalue weighted by atomic mass is 79.9. The molecule has 1 N–H and O–H groups in total. The number of rotatable bonds is 5. The summed E-state index contributed by atoms with van der Waals surface area (Å²) in [5, 5.41) is 4.38. The lowest BCUT2D eigenvalue weighted by Gasteiger charge is -2.18. The van der Waals surface area contributed by atoms with Gasteiger partial charge >= 0.3 is 0 Å². The van der Waals surface area contributed by atoms with Gasteiger partial charge in [-0.1, -0.05) is 28.1 Å². The number of anilines is 1. The average molecular weight is 402 g/mol. The van der Waals surface area contributed by atoms with Gasteiger partial charge < -0.3 is 14.8 Å². The number of hydrogen-bond acceptors (Lipinski definition) is 5. The highest BCUT2D eigenvalue weighted by Crippen LogP contribution is 2.35. The Morgan fingerprint density at radius 3 is 2.28 bits per heavy atom. The smallest absolute Gasteiger partial charge is 0.162 e. The minimum absolute atomic E-state index is 0.0960. The van der Waals surface area contributed by atoms with Crippen molar-refractivity contribution in [1.29, 1.82) is 0 Å². The Morgan fingerprint density at radius 2 is 1.64 bits per heavy atom. The van der Waals surface area contributed by atoms with Crippen molar-refractivity contribution in [2.75, 3.05) is 19.5 Å². The van der Waals surface area contributed by atoms with E-state index in [9.17, 15) is 0 Å². The molecule has 0 spiro atoms. The van der Waals surface area contributed by atoms with E-state index in [1.807, 2.05) is 31.2 Å². The fraction of sp³-hybridized carbons (Fsp3) is 0.263. The lowest BCUT2D eigenvalue weighted by Crippen LogP contribution is -2.09. The summed E-state index contributed by atoms with van der Waals surface area (Å²) in [7, 11) is 3.24. The first-order valence-electron chi connectivity index (χ1n) is 7.94. The highest BCUT2D eigenvalue weighted by molar-refractivity contribution is 9.10. The number of fused-ring (bicyclic) bond motifs is 1. The molecule has 2 aromatic carbocycles. The van der Waals surface area contributed by atoms with Crippen molar-refractivity contribution < 1.29 is 9.47 Å². The van der Waals surface area contributed by atoms with E-state index >= 15 is 0 Å². The first kappa shape index (κ1) is 17.5. The third-order valence-corrected chi connectivity index (χ3v) is 4.56. The van der Waals surface area contributed by atoms with Crippen LogP contribution in [-0.4, -0.2) is 24.2 Å². The van der Waals surface area contributed by atoms with Gasteiger partial charge in [0.15, 0.2) is 11.5 Å². The van der Waals surface area contributed by atoms with Crippen LogP contribution < -0.4 is 14.8 Å². The van der Waals surface area contributed by atoms with E-state index in [2.05, 4.69) is 50.3 Å². The maximum atomic E-state index is 5.42. The van der Waals surface area contributed by atoms with Crippen molar-refractivity contribution in [2.24, 2.45) is 0 Å². The molecule has 0 fully saturated rings. The molecule has 0 saturated carbocycles. The van der Waals surface area contributed by atoms with Crippen molar-refractivity contribution in [2.45, 2.75) is 19.9 Å². The molecular formula is C19H20BrN3O2. The predicted octanol–water partition coefficient (Wildman–Crippen LogP) is 4.89. The van der Waals surface area contributed by atoms with Gasteiger partial charge in [-0.15, -0.1) is 0 Å². The molecule has 1 heterocycles. The minimum Gasteiger partial charge on any atom is -0.493 e. The van der Waals surface area contributed by atoms with Crippen LogP contribution in [0.4, 0.5) is 5.82 Å². The van der Waals surface area contributed by atoms with E-state index in [-0.39, 0.29) is 6.04 Å². The van der Waals surface area contributed by atoms with Crippen molar-refractivity contribution >= 4 is 32.7 Å². The Bertz CT molecular complexity index is 897. The lowest BCUT2D eigenvalue weighted by molar-refractivity contribution is 0.356. The predicted molar refractivity (Wildman–Crippen MR) is 104 cm³/mol. The van der Waals surface area contributed by atoms with Crippen LogP contribution in [0.25, 0.3) is 10.9 Å². The third kappa shape index (κ3) is 3.69. The molecule has 0 bridgehead atoms. The molecule has 5 nitrogen and oxygen atoms in total. The fourth-order valence-electron chi connectivity index (χ4n) is 2.72. The number of aromatic nitrogens is 2. The van der Waals surface area contributed by atoms with E-state index in [1.54, 1.807) is 14.2 Å². The zero-order chi connectivity index (χ0) is 18.0. The van der Waals surface area contributed by atoms with Crippen LogP contribution in [0.15, 0.2) is 40.9 Å². The molecule has 1 unspecified atom stereocenters.